The van der Waals surface area contributed by atoms with E-state index in [9.17, 15) is 14.0 Å². The average Bonchev–Trinajstić information content (AvgIpc) is 3.49. The number of carbonyl (C=O) groups excluding carboxylic acids is 1. The molecule has 1 aromatic carbocycles. The molecule has 1 fully saturated rings. The van der Waals surface area contributed by atoms with Crippen molar-refractivity contribution in [2.75, 3.05) is 0 Å². The van der Waals surface area contributed by atoms with Gasteiger partial charge in [0.15, 0.2) is 0 Å². The molecule has 0 bridgehead atoms. The number of fused-ring (bicyclic) bond motifs is 1. The van der Waals surface area contributed by atoms with Gasteiger partial charge in [-0.1, -0.05) is 6.07 Å². The van der Waals surface area contributed by atoms with E-state index >= 15 is 0 Å². The van der Waals surface area contributed by atoms with E-state index in [0.29, 0.717) is 29.5 Å². The molecule has 7 heteroatoms. The molecule has 0 spiro atoms. The van der Waals surface area contributed by atoms with Crippen LogP contribution >= 0.6 is 0 Å². The molecule has 6 nitrogen and oxygen atoms in total. The largest absolute Gasteiger partial charge is 0.349 e. The van der Waals surface area contributed by atoms with E-state index in [2.05, 4.69) is 15.3 Å². The number of carbonyl (C=O) groups is 1. The van der Waals surface area contributed by atoms with Gasteiger partial charge >= 0.3 is 0 Å². The predicted octanol–water partition coefficient (Wildman–Crippen LogP) is 3.46. The number of halogens is 1. The fourth-order valence-electron chi connectivity index (χ4n) is 4.28. The second kappa shape index (κ2) is 7.06. The van der Waals surface area contributed by atoms with E-state index in [1.54, 1.807) is 19.2 Å². The molecule has 2 heterocycles. The van der Waals surface area contributed by atoms with Crippen LogP contribution in [0.3, 0.4) is 0 Å². The van der Waals surface area contributed by atoms with Gasteiger partial charge in [-0.3, -0.25) is 14.6 Å². The highest BCUT2D eigenvalue weighted by atomic mass is 19.1. The Kier molecular flexibility index (Phi) is 4.65. The Labute approximate surface area is 172 Å². The lowest BCUT2D eigenvalue weighted by Crippen LogP contribution is -2.40. The van der Waals surface area contributed by atoms with Crippen molar-refractivity contribution in [1.29, 1.82) is 5.26 Å². The number of aryl methyl sites for hydroxylation is 2. The molecule has 3 aromatic rings. The Balaban J connectivity index is 1.70. The molecule has 0 radical (unpaired) electrons. The van der Waals surface area contributed by atoms with E-state index in [1.165, 1.54) is 12.1 Å². The van der Waals surface area contributed by atoms with Gasteiger partial charge in [-0.15, -0.1) is 0 Å². The summed E-state index contributed by atoms with van der Waals surface area (Å²) in [6.07, 6.45) is 2.74. The normalized spacial score (nSPS) is 15.4. The van der Waals surface area contributed by atoms with Gasteiger partial charge in [0.2, 0.25) is 5.91 Å². The molecular formula is C23H21FN4O2. The van der Waals surface area contributed by atoms with Gasteiger partial charge < -0.3 is 10.3 Å². The van der Waals surface area contributed by atoms with Crippen LogP contribution in [0.5, 0.6) is 0 Å². The first kappa shape index (κ1) is 19.8. The molecule has 0 saturated heterocycles. The third kappa shape index (κ3) is 3.05. The maximum atomic E-state index is 14.4. The number of pyridine rings is 2. The van der Waals surface area contributed by atoms with E-state index in [0.717, 1.165) is 22.7 Å². The van der Waals surface area contributed by atoms with Crippen LogP contribution in [0.4, 0.5) is 4.39 Å². The molecule has 1 amide bonds. The van der Waals surface area contributed by atoms with Crippen LogP contribution in [0, 0.1) is 31.0 Å². The van der Waals surface area contributed by atoms with Crippen molar-refractivity contribution in [1.82, 2.24) is 15.3 Å². The topological polar surface area (TPSA) is 98.6 Å². The van der Waals surface area contributed by atoms with Crippen LogP contribution in [0.15, 0.2) is 35.3 Å². The molecule has 4 rings (SSSR count). The van der Waals surface area contributed by atoms with Crippen LogP contribution in [0.1, 0.15) is 53.8 Å². The molecule has 2 N–H and O–H groups in total. The summed E-state index contributed by atoms with van der Waals surface area (Å²) >= 11 is 0. The highest BCUT2D eigenvalue weighted by Gasteiger charge is 2.54. The number of H-pyrrole nitrogens is 1. The van der Waals surface area contributed by atoms with Gasteiger partial charge in [-0.25, -0.2) is 4.39 Å². The first-order valence-electron chi connectivity index (χ1n) is 9.77. The van der Waals surface area contributed by atoms with Crippen LogP contribution in [0.2, 0.25) is 0 Å². The number of benzene rings is 1. The second-order valence-corrected chi connectivity index (χ2v) is 7.90. The summed E-state index contributed by atoms with van der Waals surface area (Å²) in [6.45, 7) is 5.40. The molecule has 2 aromatic heterocycles. The summed E-state index contributed by atoms with van der Waals surface area (Å²) in [6, 6.07) is 7.20. The zero-order valence-corrected chi connectivity index (χ0v) is 17.0. The van der Waals surface area contributed by atoms with Crippen molar-refractivity contribution in [3.8, 4) is 6.07 Å². The number of aromatic amines is 1. The van der Waals surface area contributed by atoms with Gasteiger partial charge in [-0.2, -0.15) is 5.26 Å². The van der Waals surface area contributed by atoms with Crippen LogP contribution in [0.25, 0.3) is 10.9 Å². The monoisotopic (exact) mass is 404 g/mol. The number of hydrogen-bond acceptors (Lipinski definition) is 4. The van der Waals surface area contributed by atoms with Gasteiger partial charge in [-0.05, 0) is 57.4 Å². The summed E-state index contributed by atoms with van der Waals surface area (Å²) in [5.41, 5.74) is 1.99. The number of amides is 1. The van der Waals surface area contributed by atoms with E-state index in [1.807, 2.05) is 19.9 Å². The highest BCUT2D eigenvalue weighted by Crippen LogP contribution is 2.49. The minimum atomic E-state index is -0.925. The summed E-state index contributed by atoms with van der Waals surface area (Å²) in [7, 11) is 0. The minimum absolute atomic E-state index is 0.218. The van der Waals surface area contributed by atoms with Gasteiger partial charge in [0, 0.05) is 28.4 Å². The number of aromatic nitrogens is 2. The fourth-order valence-corrected chi connectivity index (χ4v) is 4.28. The summed E-state index contributed by atoms with van der Waals surface area (Å²) < 4.78 is 14.4. The van der Waals surface area contributed by atoms with Crippen LogP contribution in [-0.4, -0.2) is 15.9 Å². The Morgan fingerprint density at radius 1 is 1.33 bits per heavy atom. The lowest BCUT2D eigenvalue weighted by Gasteiger charge is -2.22. The zero-order valence-electron chi connectivity index (χ0n) is 17.0. The van der Waals surface area contributed by atoms with E-state index in [-0.39, 0.29) is 17.0 Å². The maximum Gasteiger partial charge on any atom is 0.252 e. The van der Waals surface area contributed by atoms with E-state index < -0.39 is 17.3 Å². The Hall–Kier alpha value is -3.53. The Bertz CT molecular complexity index is 1280. The standard InChI is InChI=1S/C23H21FN4O2/c1-12-19-14(3)26-9-6-18(19)28-21(29)20(12)23(7-8-23)22(30)27-13(2)16-5-4-15(11-25)10-17(16)24/h4-6,9-10,13H,7-8H2,1-3H3,(H,27,30)(H,28,29)/t13-/m1/s1. The molecule has 1 aliphatic carbocycles. The molecule has 1 aliphatic rings. The van der Waals surface area contributed by atoms with Gasteiger partial charge in [0.05, 0.1) is 28.6 Å². The highest BCUT2D eigenvalue weighted by molar-refractivity contribution is 5.94. The summed E-state index contributed by atoms with van der Waals surface area (Å²) in [5.74, 6) is -0.846. The molecule has 1 atom stereocenters. The van der Waals surface area contributed by atoms with Crippen LogP contribution in [-0.2, 0) is 10.2 Å². The molecule has 152 valence electrons. The first-order valence-corrected chi connectivity index (χ1v) is 9.77. The predicted molar refractivity (Wildman–Crippen MR) is 110 cm³/mol. The number of nitriles is 1. The van der Waals surface area contributed by atoms with Crippen LogP contribution < -0.4 is 10.9 Å². The Morgan fingerprint density at radius 3 is 2.70 bits per heavy atom. The minimum Gasteiger partial charge on any atom is -0.349 e. The average molecular weight is 404 g/mol. The quantitative estimate of drug-likeness (QED) is 0.696. The van der Waals surface area contributed by atoms with E-state index in [4.69, 9.17) is 5.26 Å². The molecule has 0 unspecified atom stereocenters. The zero-order chi connectivity index (χ0) is 21.6. The molecule has 30 heavy (non-hydrogen) atoms. The van der Waals surface area contributed by atoms with Crippen molar-refractivity contribution >= 4 is 16.8 Å². The SMILES string of the molecule is Cc1nccc2[nH]c(=O)c(C3(C(=O)N[C@H](C)c4ccc(C#N)cc4F)CC3)c(C)c12. The number of rotatable bonds is 4. The summed E-state index contributed by atoms with van der Waals surface area (Å²) in [5, 5.41) is 12.6. The van der Waals surface area contributed by atoms with Crippen molar-refractivity contribution in [3.63, 3.8) is 0 Å². The number of nitrogens with zero attached hydrogens (tertiary/aromatic N) is 2. The van der Waals surface area contributed by atoms with Gasteiger partial charge in [0.1, 0.15) is 5.82 Å². The first-order chi connectivity index (χ1) is 14.3. The Morgan fingerprint density at radius 2 is 2.07 bits per heavy atom. The van der Waals surface area contributed by atoms with Crippen molar-refractivity contribution in [3.05, 3.63) is 74.6 Å². The third-order valence-electron chi connectivity index (χ3n) is 5.97. The van der Waals surface area contributed by atoms with Crippen molar-refractivity contribution in [2.24, 2.45) is 0 Å². The molecule has 0 aliphatic heterocycles. The van der Waals surface area contributed by atoms with Crippen molar-refractivity contribution in [2.45, 2.75) is 45.1 Å². The molecular weight excluding hydrogens is 383 g/mol. The lowest BCUT2D eigenvalue weighted by atomic mass is 9.89. The smallest absolute Gasteiger partial charge is 0.252 e. The second-order valence-electron chi connectivity index (χ2n) is 7.90. The molecule has 1 saturated carbocycles. The number of nitrogens with one attached hydrogen (secondary N) is 2. The van der Waals surface area contributed by atoms with Crippen molar-refractivity contribution < 1.29 is 9.18 Å². The fraction of sp³-hybridized carbons (Fsp3) is 0.304. The lowest BCUT2D eigenvalue weighted by molar-refractivity contribution is -0.124. The summed E-state index contributed by atoms with van der Waals surface area (Å²) in [4.78, 5) is 33.3. The maximum absolute atomic E-state index is 14.4. The van der Waals surface area contributed by atoms with Gasteiger partial charge in [0.25, 0.3) is 5.56 Å². The number of hydrogen-bond donors (Lipinski definition) is 2. The third-order valence-corrected chi connectivity index (χ3v) is 5.97.